The molecule has 1 aliphatic rings. The van der Waals surface area contributed by atoms with E-state index in [2.05, 4.69) is 0 Å². The molecule has 2 heterocycles. The van der Waals surface area contributed by atoms with Crippen LogP contribution in [0.1, 0.15) is 47.4 Å². The van der Waals surface area contributed by atoms with E-state index in [4.69, 9.17) is 14.5 Å². The zero-order chi connectivity index (χ0) is 22.7. The number of nitrogens with zero attached hydrogens (tertiary/aromatic N) is 3. The first-order chi connectivity index (χ1) is 15.5. The normalized spacial score (nSPS) is 13.7. The van der Waals surface area contributed by atoms with E-state index < -0.39 is 0 Å². The predicted octanol–water partition coefficient (Wildman–Crippen LogP) is 3.80. The molecular formula is C25H29N3O4. The van der Waals surface area contributed by atoms with Gasteiger partial charge in [0.15, 0.2) is 11.5 Å². The largest absolute Gasteiger partial charge is 0.493 e. The van der Waals surface area contributed by atoms with Crippen molar-refractivity contribution in [1.29, 1.82) is 0 Å². The van der Waals surface area contributed by atoms with Crippen LogP contribution in [-0.2, 0) is 19.5 Å². The molecule has 0 radical (unpaired) electrons. The Morgan fingerprint density at radius 3 is 2.69 bits per heavy atom. The Bertz CT molecular complexity index is 1200. The van der Waals surface area contributed by atoms with Gasteiger partial charge in [-0.2, -0.15) is 0 Å². The van der Waals surface area contributed by atoms with Crippen molar-refractivity contribution in [2.75, 3.05) is 21.3 Å². The smallest absolute Gasteiger partial charge is 0.261 e. The van der Waals surface area contributed by atoms with Crippen LogP contribution in [0.2, 0.25) is 0 Å². The monoisotopic (exact) mass is 435 g/mol. The fourth-order valence-corrected chi connectivity index (χ4v) is 4.35. The third kappa shape index (κ3) is 4.20. The van der Waals surface area contributed by atoms with Gasteiger partial charge in [0, 0.05) is 37.7 Å². The predicted molar refractivity (Wildman–Crippen MR) is 124 cm³/mol. The van der Waals surface area contributed by atoms with Gasteiger partial charge < -0.3 is 14.4 Å². The molecule has 0 saturated carbocycles. The van der Waals surface area contributed by atoms with Crippen LogP contribution in [0.25, 0.3) is 10.9 Å². The molecule has 0 N–H and O–H groups in total. The van der Waals surface area contributed by atoms with E-state index in [0.717, 1.165) is 43.5 Å². The average molecular weight is 436 g/mol. The molecule has 1 aromatic heterocycles. The minimum absolute atomic E-state index is 0.0135. The van der Waals surface area contributed by atoms with E-state index in [1.807, 2.05) is 22.8 Å². The van der Waals surface area contributed by atoms with E-state index >= 15 is 0 Å². The van der Waals surface area contributed by atoms with Crippen molar-refractivity contribution in [3.8, 4) is 11.5 Å². The summed E-state index contributed by atoms with van der Waals surface area (Å²) >= 11 is 0. The van der Waals surface area contributed by atoms with Gasteiger partial charge in [-0.3, -0.25) is 14.2 Å². The molecule has 2 aromatic carbocycles. The summed E-state index contributed by atoms with van der Waals surface area (Å²) in [4.78, 5) is 32.6. The molecule has 0 spiro atoms. The van der Waals surface area contributed by atoms with Gasteiger partial charge >= 0.3 is 0 Å². The molecule has 3 aromatic rings. The van der Waals surface area contributed by atoms with Crippen LogP contribution in [0.5, 0.6) is 11.5 Å². The number of hydrogen-bond donors (Lipinski definition) is 0. The van der Waals surface area contributed by atoms with Crippen molar-refractivity contribution < 1.29 is 14.3 Å². The minimum Gasteiger partial charge on any atom is -0.493 e. The number of carbonyl (C=O) groups is 1. The maximum atomic E-state index is 13.2. The molecular weight excluding hydrogens is 406 g/mol. The molecule has 0 aliphatic carbocycles. The average Bonchev–Trinajstić information content (AvgIpc) is 2.79. The van der Waals surface area contributed by atoms with Gasteiger partial charge in [-0.15, -0.1) is 0 Å². The Balaban J connectivity index is 1.64. The Morgan fingerprint density at radius 2 is 1.91 bits per heavy atom. The number of aryl methyl sites for hydroxylation is 1. The zero-order valence-electron chi connectivity index (χ0n) is 18.9. The number of rotatable bonds is 5. The number of ether oxygens (including phenoxy) is 2. The number of para-hydroxylation sites is 1. The molecule has 7 nitrogen and oxygen atoms in total. The maximum Gasteiger partial charge on any atom is 0.261 e. The Labute approximate surface area is 187 Å². The second kappa shape index (κ2) is 9.42. The number of hydrogen-bond acceptors (Lipinski definition) is 5. The summed E-state index contributed by atoms with van der Waals surface area (Å²) in [5.74, 6) is 1.91. The van der Waals surface area contributed by atoms with Gasteiger partial charge in [0.05, 0.1) is 25.1 Å². The topological polar surface area (TPSA) is 73.7 Å². The summed E-state index contributed by atoms with van der Waals surface area (Å²) in [6.45, 7) is 1.07. The third-order valence-corrected chi connectivity index (χ3v) is 6.05. The van der Waals surface area contributed by atoms with Crippen molar-refractivity contribution in [1.82, 2.24) is 14.5 Å². The number of aromatic nitrogens is 2. The first kappa shape index (κ1) is 21.9. The minimum atomic E-state index is -0.148. The summed E-state index contributed by atoms with van der Waals surface area (Å²) in [5.41, 5.74) is 1.92. The first-order valence-corrected chi connectivity index (χ1v) is 11.0. The van der Waals surface area contributed by atoms with Crippen molar-refractivity contribution in [3.63, 3.8) is 0 Å². The van der Waals surface area contributed by atoms with Gasteiger partial charge in [-0.05, 0) is 37.1 Å². The molecule has 168 valence electrons. The molecule has 4 rings (SSSR count). The number of methoxy groups -OCH3 is 2. The van der Waals surface area contributed by atoms with Crippen LogP contribution < -0.4 is 15.0 Å². The molecule has 0 bridgehead atoms. The van der Waals surface area contributed by atoms with Crippen molar-refractivity contribution in [2.24, 2.45) is 0 Å². The Morgan fingerprint density at radius 1 is 1.09 bits per heavy atom. The standard InChI is InChI=1S/C25H29N3O4/c1-27(16-18-9-8-10-21(31-2)23(18)32-3)24(29)17-12-13-19-20(15-17)26-22-11-6-4-5-7-14-28(22)25(19)30/h8-10,12-13,15H,4-7,11,14,16H2,1-3H3. The lowest BCUT2D eigenvalue weighted by Gasteiger charge is -2.20. The number of amides is 1. The Hall–Kier alpha value is -3.35. The van der Waals surface area contributed by atoms with E-state index in [9.17, 15) is 9.59 Å². The van der Waals surface area contributed by atoms with Crippen LogP contribution in [0.3, 0.4) is 0 Å². The summed E-state index contributed by atoms with van der Waals surface area (Å²) in [5, 5.41) is 0.558. The van der Waals surface area contributed by atoms with E-state index in [1.54, 1.807) is 44.4 Å². The lowest BCUT2D eigenvalue weighted by Crippen LogP contribution is -2.28. The maximum absolute atomic E-state index is 13.2. The molecule has 0 unspecified atom stereocenters. The summed E-state index contributed by atoms with van der Waals surface area (Å²) in [6, 6.07) is 10.8. The van der Waals surface area contributed by atoms with Crippen molar-refractivity contribution >= 4 is 16.8 Å². The van der Waals surface area contributed by atoms with Crippen molar-refractivity contribution in [2.45, 2.75) is 45.2 Å². The SMILES string of the molecule is COc1cccc(CN(C)C(=O)c2ccc3c(=O)n4c(nc3c2)CCCCCC4)c1OC. The highest BCUT2D eigenvalue weighted by Crippen LogP contribution is 2.31. The lowest BCUT2D eigenvalue weighted by molar-refractivity contribution is 0.0784. The number of benzene rings is 2. The summed E-state index contributed by atoms with van der Waals surface area (Å²) in [6.07, 6.45) is 5.11. The number of carbonyl (C=O) groups excluding carboxylic acids is 1. The molecule has 1 aliphatic heterocycles. The van der Waals surface area contributed by atoms with Crippen molar-refractivity contribution in [3.05, 3.63) is 63.7 Å². The van der Waals surface area contributed by atoms with E-state index in [0.29, 0.717) is 41.1 Å². The van der Waals surface area contributed by atoms with Crippen LogP contribution in [0.4, 0.5) is 0 Å². The van der Waals surface area contributed by atoms with Crippen LogP contribution in [-0.4, -0.2) is 41.6 Å². The van der Waals surface area contributed by atoms with Gasteiger partial charge in [0.1, 0.15) is 5.82 Å². The molecule has 0 atom stereocenters. The second-order valence-electron chi connectivity index (χ2n) is 8.19. The first-order valence-electron chi connectivity index (χ1n) is 11.0. The zero-order valence-corrected chi connectivity index (χ0v) is 18.9. The highest BCUT2D eigenvalue weighted by molar-refractivity contribution is 5.97. The third-order valence-electron chi connectivity index (χ3n) is 6.05. The molecule has 0 saturated heterocycles. The van der Waals surface area contributed by atoms with Crippen LogP contribution in [0, 0.1) is 0 Å². The van der Waals surface area contributed by atoms with E-state index in [1.165, 1.54) is 0 Å². The summed E-state index contributed by atoms with van der Waals surface area (Å²) in [7, 11) is 4.92. The van der Waals surface area contributed by atoms with Gasteiger partial charge in [-0.25, -0.2) is 4.98 Å². The lowest BCUT2D eigenvalue weighted by atomic mass is 10.1. The van der Waals surface area contributed by atoms with Gasteiger partial charge in [0.25, 0.3) is 11.5 Å². The highest BCUT2D eigenvalue weighted by Gasteiger charge is 2.19. The highest BCUT2D eigenvalue weighted by atomic mass is 16.5. The molecule has 1 amide bonds. The Kier molecular flexibility index (Phi) is 6.44. The van der Waals surface area contributed by atoms with Crippen LogP contribution in [0.15, 0.2) is 41.2 Å². The fraction of sp³-hybridized carbons (Fsp3) is 0.400. The second-order valence-corrected chi connectivity index (χ2v) is 8.19. The van der Waals surface area contributed by atoms with Crippen LogP contribution >= 0.6 is 0 Å². The molecule has 0 fully saturated rings. The number of fused-ring (bicyclic) bond motifs is 2. The van der Waals surface area contributed by atoms with Gasteiger partial charge in [-0.1, -0.05) is 25.0 Å². The molecule has 7 heteroatoms. The van der Waals surface area contributed by atoms with Gasteiger partial charge in [0.2, 0.25) is 0 Å². The molecule has 32 heavy (non-hydrogen) atoms. The van der Waals surface area contributed by atoms with E-state index in [-0.39, 0.29) is 11.5 Å². The summed E-state index contributed by atoms with van der Waals surface area (Å²) < 4.78 is 12.7. The fourth-order valence-electron chi connectivity index (χ4n) is 4.35. The quantitative estimate of drug-likeness (QED) is 0.609.